The van der Waals surface area contributed by atoms with Gasteiger partial charge in [-0.15, -0.1) is 13.2 Å². The van der Waals surface area contributed by atoms with Gasteiger partial charge in [-0.3, -0.25) is 9.59 Å². The largest absolute Gasteiger partial charge is 0.334 e. The highest BCUT2D eigenvalue weighted by Crippen LogP contribution is 2.33. The number of hydrogen-bond acceptors (Lipinski definition) is 6. The number of carbonyl (C=O) groups is 2. The molecule has 338 valence electrons. The maximum absolute atomic E-state index is 13.5. The first-order valence-corrected chi connectivity index (χ1v) is 23.1. The van der Waals surface area contributed by atoms with Gasteiger partial charge in [-0.25, -0.2) is 19.9 Å². The number of benzene rings is 7. The molecule has 9 aromatic rings. The Morgan fingerprint density at radius 2 is 0.765 bits per heavy atom. The first-order valence-electron chi connectivity index (χ1n) is 23.1. The summed E-state index contributed by atoms with van der Waals surface area (Å²) in [4.78, 5) is 50.0. The topological polar surface area (TPSA) is 92.2 Å². The lowest BCUT2D eigenvalue weighted by atomic mass is 10.0. The summed E-state index contributed by atoms with van der Waals surface area (Å²) in [7, 11) is 0. The predicted molar refractivity (Wildman–Crippen MR) is 280 cm³/mol. The van der Waals surface area contributed by atoms with Gasteiger partial charge >= 0.3 is 0 Å². The zero-order valence-corrected chi connectivity index (χ0v) is 39.0. The van der Waals surface area contributed by atoms with Crippen molar-refractivity contribution < 1.29 is 9.59 Å². The van der Waals surface area contributed by atoms with Crippen LogP contribution in [0.1, 0.15) is 53.5 Å². The van der Waals surface area contributed by atoms with Gasteiger partial charge in [-0.2, -0.15) is 0 Å². The van der Waals surface area contributed by atoms with Crippen LogP contribution in [0.15, 0.2) is 213 Å². The normalized spacial score (nSPS) is 10.5. The Bertz CT molecular complexity index is 3080. The molecule has 0 saturated heterocycles. The van der Waals surface area contributed by atoms with Crippen LogP contribution in [-0.2, 0) is 6.54 Å². The van der Waals surface area contributed by atoms with Crippen molar-refractivity contribution in [2.24, 2.45) is 0 Å². The van der Waals surface area contributed by atoms with E-state index in [4.69, 9.17) is 19.9 Å². The summed E-state index contributed by atoms with van der Waals surface area (Å²) in [5.41, 5.74) is 12.5. The Morgan fingerprint density at radius 3 is 1.10 bits per heavy atom. The van der Waals surface area contributed by atoms with Gasteiger partial charge in [0.05, 0.1) is 44.8 Å². The second-order valence-corrected chi connectivity index (χ2v) is 15.7. The van der Waals surface area contributed by atoms with E-state index in [1.165, 1.54) is 0 Å². The molecule has 0 radical (unpaired) electrons. The third-order valence-electron chi connectivity index (χ3n) is 11.0. The van der Waals surface area contributed by atoms with Crippen molar-refractivity contribution in [2.45, 2.75) is 33.7 Å². The molecule has 9 rings (SSSR count). The minimum Gasteiger partial charge on any atom is -0.334 e. The van der Waals surface area contributed by atoms with Gasteiger partial charge in [0.1, 0.15) is 0 Å². The van der Waals surface area contributed by atoms with E-state index >= 15 is 0 Å². The Morgan fingerprint density at radius 1 is 0.441 bits per heavy atom. The zero-order valence-electron chi connectivity index (χ0n) is 39.0. The number of aromatic nitrogens is 4. The third kappa shape index (κ3) is 11.5. The number of amides is 2. The molecule has 2 amide bonds. The van der Waals surface area contributed by atoms with Crippen LogP contribution >= 0.6 is 0 Å². The number of carbonyl (C=O) groups excluding carboxylic acids is 2. The van der Waals surface area contributed by atoms with Crippen LogP contribution in [0, 0.1) is 0 Å². The molecule has 7 aromatic carbocycles. The van der Waals surface area contributed by atoms with Crippen LogP contribution in [0.25, 0.3) is 67.1 Å². The van der Waals surface area contributed by atoms with Gasteiger partial charge in [0, 0.05) is 59.6 Å². The summed E-state index contributed by atoms with van der Waals surface area (Å²) in [6, 6.07) is 61.4. The van der Waals surface area contributed by atoms with E-state index in [1.54, 1.807) is 23.1 Å². The fraction of sp³-hybridized carbons (Fsp3) is 0.133. The van der Waals surface area contributed by atoms with E-state index in [1.807, 2.05) is 189 Å². The van der Waals surface area contributed by atoms with E-state index in [-0.39, 0.29) is 11.8 Å². The molecule has 68 heavy (non-hydrogen) atoms. The monoisotopic (exact) mass is 892 g/mol. The average Bonchev–Trinajstić information content (AvgIpc) is 3.41. The predicted octanol–water partition coefficient (Wildman–Crippen LogP) is 13.8. The van der Waals surface area contributed by atoms with E-state index in [9.17, 15) is 9.59 Å². The lowest BCUT2D eigenvalue weighted by Crippen LogP contribution is -2.31. The second kappa shape index (κ2) is 23.7. The standard InChI is InChI=1S/C31H27N3O.C27H23N3O.C2H6/c1-2-20-34(22-23-12-6-3-7-13-23)31(35)26-18-19-27-28(21-26)33-30(25-16-10-5-11-17-25)29(32-27)24-14-8-4-9-15-24;1-3-17-30(18-4-2)27(31)22-15-16-23-24(19-22)29-26(21-13-9-6-10-14-21)25(28-23)20-11-7-5-8-12-20;1-2/h3-19,21H,2,20,22H2,1H3;3-16,19H,1-2,17-18H2;1-2H3. The van der Waals surface area contributed by atoms with Crippen LogP contribution < -0.4 is 0 Å². The molecular weight excluding hydrogens is 837 g/mol. The summed E-state index contributed by atoms with van der Waals surface area (Å²) in [5.74, 6) is -0.0790. The zero-order chi connectivity index (χ0) is 47.7. The summed E-state index contributed by atoms with van der Waals surface area (Å²) in [5, 5.41) is 0. The number of fused-ring (bicyclic) bond motifs is 2. The molecule has 0 unspecified atom stereocenters. The van der Waals surface area contributed by atoms with E-state index in [2.05, 4.69) is 32.2 Å². The number of rotatable bonds is 14. The summed E-state index contributed by atoms with van der Waals surface area (Å²) in [6.07, 6.45) is 4.31. The molecule has 0 saturated carbocycles. The highest BCUT2D eigenvalue weighted by atomic mass is 16.2. The van der Waals surface area contributed by atoms with Crippen molar-refractivity contribution in [3.63, 3.8) is 0 Å². The van der Waals surface area contributed by atoms with E-state index < -0.39 is 0 Å². The fourth-order valence-corrected chi connectivity index (χ4v) is 7.81. The van der Waals surface area contributed by atoms with Gasteiger partial charge in [0.15, 0.2) is 0 Å². The van der Waals surface area contributed by atoms with Crippen LogP contribution in [0.4, 0.5) is 0 Å². The van der Waals surface area contributed by atoms with Crippen LogP contribution in [0.5, 0.6) is 0 Å². The molecule has 0 aliphatic carbocycles. The molecule has 0 bridgehead atoms. The van der Waals surface area contributed by atoms with Gasteiger partial charge < -0.3 is 9.80 Å². The molecule has 0 spiro atoms. The highest BCUT2D eigenvalue weighted by Gasteiger charge is 2.20. The molecule has 8 heteroatoms. The minimum atomic E-state index is -0.0862. The minimum absolute atomic E-state index is 0.00722. The molecule has 0 N–H and O–H groups in total. The molecule has 0 atom stereocenters. The Balaban J connectivity index is 0.000000196. The highest BCUT2D eigenvalue weighted by molar-refractivity contribution is 5.99. The molecule has 0 fully saturated rings. The van der Waals surface area contributed by atoms with Crippen molar-refractivity contribution >= 4 is 33.9 Å². The lowest BCUT2D eigenvalue weighted by molar-refractivity contribution is 0.0742. The summed E-state index contributed by atoms with van der Waals surface area (Å²) in [6.45, 7) is 15.8. The van der Waals surface area contributed by atoms with Gasteiger partial charge in [-0.1, -0.05) is 185 Å². The first kappa shape index (κ1) is 47.6. The quantitative estimate of drug-likeness (QED) is 0.101. The third-order valence-corrected chi connectivity index (χ3v) is 11.0. The summed E-state index contributed by atoms with van der Waals surface area (Å²) < 4.78 is 0. The summed E-state index contributed by atoms with van der Waals surface area (Å²) >= 11 is 0. The molecule has 8 nitrogen and oxygen atoms in total. The molecular formula is C60H56N6O2. The Kier molecular flexibility index (Phi) is 16.6. The maximum Gasteiger partial charge on any atom is 0.254 e. The van der Waals surface area contributed by atoms with Crippen molar-refractivity contribution in [1.29, 1.82) is 0 Å². The molecule has 0 aliphatic heterocycles. The lowest BCUT2D eigenvalue weighted by Gasteiger charge is -2.22. The molecule has 2 aromatic heterocycles. The molecule has 0 aliphatic rings. The smallest absolute Gasteiger partial charge is 0.254 e. The van der Waals surface area contributed by atoms with Gasteiger partial charge in [0.25, 0.3) is 11.8 Å². The van der Waals surface area contributed by atoms with Gasteiger partial charge in [0.2, 0.25) is 0 Å². The fourth-order valence-electron chi connectivity index (χ4n) is 7.81. The van der Waals surface area contributed by atoms with Crippen LogP contribution in [0.2, 0.25) is 0 Å². The first-order chi connectivity index (χ1) is 33.4. The Hall–Kier alpha value is -8.36. The SMILES string of the molecule is C=CCN(CC=C)C(=O)c1ccc2nc(-c3ccccc3)c(-c3ccccc3)nc2c1.CC.CCCN(Cc1ccccc1)C(=O)c1ccc2nc(-c3ccccc3)c(-c3ccccc3)nc2c1. The molecule has 2 heterocycles. The van der Waals surface area contributed by atoms with E-state index in [0.29, 0.717) is 48.3 Å². The second-order valence-electron chi connectivity index (χ2n) is 15.7. The van der Waals surface area contributed by atoms with Crippen LogP contribution in [-0.4, -0.2) is 61.2 Å². The van der Waals surface area contributed by atoms with E-state index in [0.717, 1.165) is 68.0 Å². The number of hydrogen-bond donors (Lipinski definition) is 0. The number of nitrogens with zero attached hydrogens (tertiary/aromatic N) is 6. The average molecular weight is 893 g/mol. The van der Waals surface area contributed by atoms with Crippen molar-refractivity contribution in [3.05, 3.63) is 230 Å². The maximum atomic E-state index is 13.5. The van der Waals surface area contributed by atoms with Crippen LogP contribution in [0.3, 0.4) is 0 Å². The Labute approximate surface area is 400 Å². The van der Waals surface area contributed by atoms with Crippen molar-refractivity contribution in [1.82, 2.24) is 29.7 Å². The van der Waals surface area contributed by atoms with Crippen molar-refractivity contribution in [2.75, 3.05) is 19.6 Å². The van der Waals surface area contributed by atoms with Gasteiger partial charge in [-0.05, 0) is 48.4 Å². The van der Waals surface area contributed by atoms with Crippen molar-refractivity contribution in [3.8, 4) is 45.0 Å².